The molecule has 0 atom stereocenters. The van der Waals surface area contributed by atoms with E-state index in [2.05, 4.69) is 5.32 Å². The topological polar surface area (TPSA) is 39.7 Å². The highest BCUT2D eigenvalue weighted by Crippen LogP contribution is 2.22. The number of hydrogen-bond donors (Lipinski definition) is 1. The maximum atomic E-state index is 5.34. The number of anilines is 1. The molecule has 0 aliphatic heterocycles. The number of methoxy groups -OCH3 is 2. The van der Waals surface area contributed by atoms with Crippen LogP contribution in [0.25, 0.3) is 0 Å². The number of hydrogen-bond acceptors (Lipinski definition) is 4. The number of ether oxygens (including phenoxy) is 3. The van der Waals surface area contributed by atoms with E-state index in [-0.39, 0.29) is 0 Å². The van der Waals surface area contributed by atoms with E-state index in [9.17, 15) is 0 Å². The van der Waals surface area contributed by atoms with Gasteiger partial charge < -0.3 is 19.5 Å². The van der Waals surface area contributed by atoms with E-state index >= 15 is 0 Å². The van der Waals surface area contributed by atoms with E-state index in [1.54, 1.807) is 14.2 Å². The fraction of sp³-hybridized carbons (Fsp3) is 0.500. The Balaban J connectivity index is 2.21. The summed E-state index contributed by atoms with van der Waals surface area (Å²) in [5.41, 5.74) is 0.986. The van der Waals surface area contributed by atoms with Crippen LogP contribution in [0.4, 0.5) is 5.69 Å². The highest BCUT2D eigenvalue weighted by atomic mass is 16.5. The molecule has 0 saturated heterocycles. The first kappa shape index (κ1) is 12.8. The van der Waals surface area contributed by atoms with Gasteiger partial charge in [-0.25, -0.2) is 0 Å². The first-order valence-corrected chi connectivity index (χ1v) is 5.32. The van der Waals surface area contributed by atoms with Crippen LogP contribution in [-0.2, 0) is 9.47 Å². The fourth-order valence-electron chi connectivity index (χ4n) is 1.29. The zero-order chi connectivity index (χ0) is 11.6. The van der Waals surface area contributed by atoms with Crippen molar-refractivity contribution in [1.29, 1.82) is 0 Å². The molecule has 90 valence electrons. The SMILES string of the molecule is COCCOCCNc1ccccc1OC. The van der Waals surface area contributed by atoms with Gasteiger partial charge in [0.05, 0.1) is 32.6 Å². The van der Waals surface area contributed by atoms with Crippen LogP contribution < -0.4 is 10.1 Å². The third-order valence-electron chi connectivity index (χ3n) is 2.10. The summed E-state index contributed by atoms with van der Waals surface area (Å²) in [7, 11) is 3.33. The minimum absolute atomic E-state index is 0.629. The van der Waals surface area contributed by atoms with Crippen molar-refractivity contribution in [2.45, 2.75) is 0 Å². The lowest BCUT2D eigenvalue weighted by atomic mass is 10.3. The molecule has 1 aromatic rings. The molecule has 1 N–H and O–H groups in total. The molecule has 0 heterocycles. The summed E-state index contributed by atoms with van der Waals surface area (Å²) < 4.78 is 15.4. The average Bonchev–Trinajstić information content (AvgIpc) is 2.34. The lowest BCUT2D eigenvalue weighted by Gasteiger charge is -2.10. The van der Waals surface area contributed by atoms with Gasteiger partial charge in [-0.05, 0) is 12.1 Å². The Bertz CT molecular complexity index is 291. The zero-order valence-electron chi connectivity index (χ0n) is 9.86. The first-order chi connectivity index (χ1) is 7.88. The van der Waals surface area contributed by atoms with Gasteiger partial charge in [-0.2, -0.15) is 0 Å². The molecule has 0 fully saturated rings. The summed E-state index contributed by atoms with van der Waals surface area (Å²) in [4.78, 5) is 0. The summed E-state index contributed by atoms with van der Waals surface area (Å²) in [6.07, 6.45) is 0. The van der Waals surface area contributed by atoms with E-state index < -0.39 is 0 Å². The zero-order valence-corrected chi connectivity index (χ0v) is 9.86. The van der Waals surface area contributed by atoms with Crippen molar-refractivity contribution < 1.29 is 14.2 Å². The Morgan fingerprint density at radius 1 is 1.06 bits per heavy atom. The lowest BCUT2D eigenvalue weighted by Crippen LogP contribution is -2.12. The normalized spacial score (nSPS) is 10.1. The molecular weight excluding hydrogens is 206 g/mol. The molecule has 0 radical (unpaired) electrons. The standard InChI is InChI=1S/C12H19NO3/c1-14-9-10-16-8-7-13-11-5-3-4-6-12(11)15-2/h3-6,13H,7-10H2,1-2H3. The second-order valence-electron chi connectivity index (χ2n) is 3.23. The maximum Gasteiger partial charge on any atom is 0.141 e. The second-order valence-corrected chi connectivity index (χ2v) is 3.23. The van der Waals surface area contributed by atoms with Crippen LogP contribution in [-0.4, -0.2) is 40.6 Å². The van der Waals surface area contributed by atoms with Crippen LogP contribution in [0.3, 0.4) is 0 Å². The van der Waals surface area contributed by atoms with Gasteiger partial charge in [-0.3, -0.25) is 0 Å². The van der Waals surface area contributed by atoms with E-state index in [4.69, 9.17) is 14.2 Å². The number of rotatable bonds is 8. The van der Waals surface area contributed by atoms with Gasteiger partial charge in [0.2, 0.25) is 0 Å². The van der Waals surface area contributed by atoms with Crippen LogP contribution >= 0.6 is 0 Å². The lowest BCUT2D eigenvalue weighted by molar-refractivity contribution is 0.0759. The average molecular weight is 225 g/mol. The quantitative estimate of drug-likeness (QED) is 0.684. The molecule has 1 aromatic carbocycles. The fourth-order valence-corrected chi connectivity index (χ4v) is 1.29. The molecule has 4 heteroatoms. The predicted octanol–water partition coefficient (Wildman–Crippen LogP) is 1.77. The number of para-hydroxylation sites is 2. The highest BCUT2D eigenvalue weighted by Gasteiger charge is 1.99. The van der Waals surface area contributed by atoms with Crippen LogP contribution in [0.5, 0.6) is 5.75 Å². The van der Waals surface area contributed by atoms with Crippen molar-refractivity contribution in [1.82, 2.24) is 0 Å². The Morgan fingerprint density at radius 3 is 2.62 bits per heavy atom. The van der Waals surface area contributed by atoms with Crippen LogP contribution in [0.1, 0.15) is 0 Å². The summed E-state index contributed by atoms with van der Waals surface area (Å²) in [5.74, 6) is 0.847. The molecule has 4 nitrogen and oxygen atoms in total. The predicted molar refractivity (Wildman–Crippen MR) is 64.2 cm³/mol. The number of benzene rings is 1. The van der Waals surface area contributed by atoms with Gasteiger partial charge in [0.25, 0.3) is 0 Å². The van der Waals surface area contributed by atoms with E-state index in [0.29, 0.717) is 19.8 Å². The molecule has 1 rings (SSSR count). The molecule has 0 amide bonds. The van der Waals surface area contributed by atoms with E-state index in [1.165, 1.54) is 0 Å². The summed E-state index contributed by atoms with van der Waals surface area (Å²) >= 11 is 0. The molecule has 0 spiro atoms. The largest absolute Gasteiger partial charge is 0.495 e. The van der Waals surface area contributed by atoms with Gasteiger partial charge in [0.15, 0.2) is 0 Å². The molecule has 0 aliphatic rings. The summed E-state index contributed by atoms with van der Waals surface area (Å²) in [6, 6.07) is 7.82. The van der Waals surface area contributed by atoms with Gasteiger partial charge in [0.1, 0.15) is 5.75 Å². The summed E-state index contributed by atoms with van der Waals surface area (Å²) in [6.45, 7) is 2.67. The first-order valence-electron chi connectivity index (χ1n) is 5.32. The Labute approximate surface area is 96.5 Å². The highest BCUT2D eigenvalue weighted by molar-refractivity contribution is 5.55. The minimum Gasteiger partial charge on any atom is -0.495 e. The van der Waals surface area contributed by atoms with Gasteiger partial charge >= 0.3 is 0 Å². The summed E-state index contributed by atoms with van der Waals surface area (Å²) in [5, 5.41) is 3.25. The van der Waals surface area contributed by atoms with Crippen LogP contribution in [0.2, 0.25) is 0 Å². The van der Waals surface area contributed by atoms with E-state index in [0.717, 1.165) is 18.0 Å². The monoisotopic (exact) mass is 225 g/mol. The van der Waals surface area contributed by atoms with Crippen molar-refractivity contribution in [2.75, 3.05) is 45.9 Å². The molecular formula is C12H19NO3. The second kappa shape index (κ2) is 7.96. The van der Waals surface area contributed by atoms with Crippen LogP contribution in [0, 0.1) is 0 Å². The third-order valence-corrected chi connectivity index (χ3v) is 2.10. The Hall–Kier alpha value is -1.26. The van der Waals surface area contributed by atoms with Crippen molar-refractivity contribution in [2.24, 2.45) is 0 Å². The molecule has 0 saturated carbocycles. The molecule has 0 unspecified atom stereocenters. The molecule has 16 heavy (non-hydrogen) atoms. The van der Waals surface area contributed by atoms with E-state index in [1.807, 2.05) is 24.3 Å². The van der Waals surface area contributed by atoms with Crippen molar-refractivity contribution in [3.63, 3.8) is 0 Å². The van der Waals surface area contributed by atoms with Crippen LogP contribution in [0.15, 0.2) is 24.3 Å². The smallest absolute Gasteiger partial charge is 0.141 e. The molecule has 0 aromatic heterocycles. The number of nitrogens with one attached hydrogen (secondary N) is 1. The van der Waals surface area contributed by atoms with Crippen molar-refractivity contribution in [3.05, 3.63) is 24.3 Å². The minimum atomic E-state index is 0.629. The molecule has 0 aliphatic carbocycles. The van der Waals surface area contributed by atoms with Gasteiger partial charge in [-0.1, -0.05) is 12.1 Å². The molecule has 0 bridgehead atoms. The maximum absolute atomic E-state index is 5.34. The Morgan fingerprint density at radius 2 is 1.88 bits per heavy atom. The third kappa shape index (κ3) is 4.51. The Kier molecular flexibility index (Phi) is 6.37. The van der Waals surface area contributed by atoms with Crippen molar-refractivity contribution >= 4 is 5.69 Å². The van der Waals surface area contributed by atoms with Crippen molar-refractivity contribution in [3.8, 4) is 5.75 Å². The van der Waals surface area contributed by atoms with Gasteiger partial charge in [0, 0.05) is 13.7 Å². The van der Waals surface area contributed by atoms with Gasteiger partial charge in [-0.15, -0.1) is 0 Å².